The molecule has 0 saturated carbocycles. The number of aryl methyl sites for hydroxylation is 1. The maximum atomic E-state index is 6.06. The number of rotatable bonds is 9. The van der Waals surface area contributed by atoms with E-state index < -0.39 is 0 Å². The molecule has 0 fully saturated rings. The van der Waals surface area contributed by atoms with Gasteiger partial charge >= 0.3 is 0 Å². The molecule has 2 rings (SSSR count). The topological polar surface area (TPSA) is 78.1 Å². The Morgan fingerprint density at radius 2 is 1.79 bits per heavy atom. The van der Waals surface area contributed by atoms with E-state index >= 15 is 0 Å². The molecule has 2 aromatic carbocycles. The van der Waals surface area contributed by atoms with Crippen molar-refractivity contribution in [2.24, 2.45) is 10.7 Å². The van der Waals surface area contributed by atoms with E-state index in [0.29, 0.717) is 30.5 Å². The van der Waals surface area contributed by atoms with E-state index in [0.717, 1.165) is 23.3 Å². The zero-order chi connectivity index (χ0) is 19.6. The summed E-state index contributed by atoms with van der Waals surface area (Å²) >= 11 is 0. The molecule has 0 aliphatic rings. The number of hydrogen-bond donors (Lipinski definition) is 2. The molecule has 0 saturated heterocycles. The first-order valence-corrected chi connectivity index (χ1v) is 9.04. The van der Waals surface area contributed by atoms with Crippen molar-refractivity contribution in [2.75, 3.05) is 20.8 Å². The van der Waals surface area contributed by atoms with Gasteiger partial charge in [0.2, 0.25) is 0 Å². The number of methoxy groups -OCH3 is 2. The smallest absolute Gasteiger partial charge is 0.189 e. The fourth-order valence-electron chi connectivity index (χ4n) is 2.57. The summed E-state index contributed by atoms with van der Waals surface area (Å²) in [6.07, 6.45) is 0.880. The molecule has 0 heterocycles. The lowest BCUT2D eigenvalue weighted by Crippen LogP contribution is -2.39. The SMILES string of the molecule is CCC(CNC(N)=NCc1ccc(OC)c(OC)c1)Oc1ccccc1C.I. The van der Waals surface area contributed by atoms with Crippen molar-refractivity contribution in [1.29, 1.82) is 0 Å². The maximum Gasteiger partial charge on any atom is 0.189 e. The van der Waals surface area contributed by atoms with Crippen LogP contribution in [0.2, 0.25) is 0 Å². The zero-order valence-electron chi connectivity index (χ0n) is 16.9. The molecular weight excluding hydrogens is 469 g/mol. The number of aliphatic imine (C=N–C) groups is 1. The summed E-state index contributed by atoms with van der Waals surface area (Å²) in [6.45, 7) is 5.16. The Labute approximate surface area is 184 Å². The number of ether oxygens (including phenoxy) is 3. The molecular formula is C21H30IN3O3. The Kier molecular flexibility index (Phi) is 10.5. The van der Waals surface area contributed by atoms with Crippen LogP contribution in [0, 0.1) is 6.92 Å². The van der Waals surface area contributed by atoms with Gasteiger partial charge < -0.3 is 25.3 Å². The molecule has 0 aliphatic heterocycles. The van der Waals surface area contributed by atoms with Crippen molar-refractivity contribution in [3.05, 3.63) is 53.6 Å². The van der Waals surface area contributed by atoms with Crippen LogP contribution in [-0.4, -0.2) is 32.8 Å². The largest absolute Gasteiger partial charge is 0.493 e. The quantitative estimate of drug-likeness (QED) is 0.311. The van der Waals surface area contributed by atoms with Crippen molar-refractivity contribution >= 4 is 29.9 Å². The molecule has 0 radical (unpaired) electrons. The van der Waals surface area contributed by atoms with E-state index in [-0.39, 0.29) is 30.1 Å². The normalized spacial score (nSPS) is 11.9. The number of para-hydroxylation sites is 1. The molecule has 154 valence electrons. The van der Waals surface area contributed by atoms with Crippen LogP contribution in [0.15, 0.2) is 47.5 Å². The first kappa shape index (κ1) is 23.9. The lowest BCUT2D eigenvalue weighted by molar-refractivity contribution is 0.198. The molecule has 3 N–H and O–H groups in total. The summed E-state index contributed by atoms with van der Waals surface area (Å²) in [7, 11) is 3.22. The first-order valence-electron chi connectivity index (χ1n) is 9.04. The number of hydrogen-bond acceptors (Lipinski definition) is 4. The van der Waals surface area contributed by atoms with E-state index in [1.54, 1.807) is 14.2 Å². The molecule has 6 nitrogen and oxygen atoms in total. The fourth-order valence-corrected chi connectivity index (χ4v) is 2.57. The molecule has 1 atom stereocenters. The molecule has 0 spiro atoms. The summed E-state index contributed by atoms with van der Waals surface area (Å²) in [4.78, 5) is 4.39. The monoisotopic (exact) mass is 499 g/mol. The predicted molar refractivity (Wildman–Crippen MR) is 124 cm³/mol. The van der Waals surface area contributed by atoms with Crippen LogP contribution in [0.5, 0.6) is 17.2 Å². The number of nitrogens with one attached hydrogen (secondary N) is 1. The number of benzene rings is 2. The minimum absolute atomic E-state index is 0. The fraction of sp³-hybridized carbons (Fsp3) is 0.381. The van der Waals surface area contributed by atoms with Crippen LogP contribution >= 0.6 is 24.0 Å². The van der Waals surface area contributed by atoms with Gasteiger partial charge in [0.05, 0.1) is 27.3 Å². The number of nitrogens with two attached hydrogens (primary N) is 1. The van der Waals surface area contributed by atoms with Crippen LogP contribution in [0.4, 0.5) is 0 Å². The van der Waals surface area contributed by atoms with E-state index in [2.05, 4.69) is 17.2 Å². The van der Waals surface area contributed by atoms with Crippen molar-refractivity contribution in [3.63, 3.8) is 0 Å². The Balaban J connectivity index is 0.00000392. The summed E-state index contributed by atoms with van der Waals surface area (Å²) < 4.78 is 16.6. The molecule has 0 amide bonds. The lowest BCUT2D eigenvalue weighted by Gasteiger charge is -2.19. The van der Waals surface area contributed by atoms with Crippen LogP contribution in [0.3, 0.4) is 0 Å². The second-order valence-corrected chi connectivity index (χ2v) is 6.19. The average molecular weight is 499 g/mol. The Hall–Kier alpha value is -2.16. The van der Waals surface area contributed by atoms with Gasteiger partial charge in [-0.15, -0.1) is 24.0 Å². The molecule has 2 aromatic rings. The van der Waals surface area contributed by atoms with E-state index in [4.69, 9.17) is 19.9 Å². The van der Waals surface area contributed by atoms with Crippen LogP contribution in [-0.2, 0) is 6.54 Å². The highest BCUT2D eigenvalue weighted by molar-refractivity contribution is 14.0. The summed E-state index contributed by atoms with van der Waals surface area (Å²) in [5, 5.41) is 3.14. The van der Waals surface area contributed by atoms with Gasteiger partial charge in [-0.25, -0.2) is 4.99 Å². The summed E-state index contributed by atoms with van der Waals surface area (Å²) in [5.41, 5.74) is 8.11. The van der Waals surface area contributed by atoms with Gasteiger partial charge in [-0.05, 0) is 42.7 Å². The molecule has 0 aliphatic carbocycles. The van der Waals surface area contributed by atoms with Crippen molar-refractivity contribution in [3.8, 4) is 17.2 Å². The van der Waals surface area contributed by atoms with Gasteiger partial charge in [0, 0.05) is 0 Å². The minimum atomic E-state index is 0. The van der Waals surface area contributed by atoms with Crippen molar-refractivity contribution in [2.45, 2.75) is 32.9 Å². The third-order valence-corrected chi connectivity index (χ3v) is 4.23. The summed E-state index contributed by atoms with van der Waals surface area (Å²) in [6, 6.07) is 13.7. The third-order valence-electron chi connectivity index (χ3n) is 4.23. The number of nitrogens with zero attached hydrogens (tertiary/aromatic N) is 1. The molecule has 0 bridgehead atoms. The van der Waals surface area contributed by atoms with Crippen molar-refractivity contribution in [1.82, 2.24) is 5.32 Å². The molecule has 7 heteroatoms. The van der Waals surface area contributed by atoms with Crippen LogP contribution in [0.25, 0.3) is 0 Å². The van der Waals surface area contributed by atoms with Gasteiger partial charge in [0.15, 0.2) is 17.5 Å². The minimum Gasteiger partial charge on any atom is -0.493 e. The van der Waals surface area contributed by atoms with E-state index in [9.17, 15) is 0 Å². The molecule has 0 aromatic heterocycles. The molecule has 1 unspecified atom stereocenters. The van der Waals surface area contributed by atoms with Gasteiger partial charge in [-0.2, -0.15) is 0 Å². The highest BCUT2D eigenvalue weighted by Gasteiger charge is 2.10. The van der Waals surface area contributed by atoms with Gasteiger partial charge in [-0.1, -0.05) is 31.2 Å². The maximum absolute atomic E-state index is 6.06. The van der Waals surface area contributed by atoms with Gasteiger partial charge in [0.25, 0.3) is 0 Å². The van der Waals surface area contributed by atoms with Gasteiger partial charge in [-0.3, -0.25) is 0 Å². The van der Waals surface area contributed by atoms with Crippen LogP contribution in [0.1, 0.15) is 24.5 Å². The lowest BCUT2D eigenvalue weighted by atomic mass is 10.2. The van der Waals surface area contributed by atoms with E-state index in [1.807, 2.05) is 49.4 Å². The second kappa shape index (κ2) is 12.3. The third kappa shape index (κ3) is 7.10. The van der Waals surface area contributed by atoms with Crippen LogP contribution < -0.4 is 25.3 Å². The Morgan fingerprint density at radius 3 is 2.43 bits per heavy atom. The highest BCUT2D eigenvalue weighted by Crippen LogP contribution is 2.27. The van der Waals surface area contributed by atoms with Gasteiger partial charge in [0.1, 0.15) is 11.9 Å². The average Bonchev–Trinajstić information content (AvgIpc) is 2.70. The van der Waals surface area contributed by atoms with E-state index in [1.165, 1.54) is 0 Å². The Bertz CT molecular complexity index is 768. The highest BCUT2D eigenvalue weighted by atomic mass is 127. The predicted octanol–water partition coefficient (Wildman–Crippen LogP) is 3.89. The number of guanidine groups is 1. The zero-order valence-corrected chi connectivity index (χ0v) is 19.2. The first-order chi connectivity index (χ1) is 13.1. The molecule has 28 heavy (non-hydrogen) atoms. The Morgan fingerprint density at radius 1 is 1.07 bits per heavy atom. The second-order valence-electron chi connectivity index (χ2n) is 6.19. The number of halogens is 1. The van der Waals surface area contributed by atoms with Crippen molar-refractivity contribution < 1.29 is 14.2 Å². The summed E-state index contributed by atoms with van der Waals surface area (Å²) in [5.74, 6) is 2.65. The standard InChI is InChI=1S/C21H29N3O3.HI/c1-5-17(27-18-9-7-6-8-15(18)2)14-24-21(22)23-13-16-10-11-19(25-3)20(12-16)26-4;/h6-12,17H,5,13-14H2,1-4H3,(H3,22,23,24);1H.